The zero-order valence-electron chi connectivity index (χ0n) is 10.7. The highest BCUT2D eigenvalue weighted by Gasteiger charge is 2.15. The van der Waals surface area contributed by atoms with E-state index in [-0.39, 0.29) is 0 Å². The molecule has 0 bridgehead atoms. The second-order valence-corrected chi connectivity index (χ2v) is 4.62. The van der Waals surface area contributed by atoms with Crippen molar-refractivity contribution < 1.29 is 4.74 Å². The molecule has 1 aliphatic rings. The minimum absolute atomic E-state index is 0.547. The second kappa shape index (κ2) is 4.62. The third-order valence-corrected chi connectivity index (χ3v) is 3.29. The Labute approximate surface area is 112 Å². The van der Waals surface area contributed by atoms with Crippen LogP contribution in [0.3, 0.4) is 0 Å². The zero-order chi connectivity index (χ0) is 13.2. The van der Waals surface area contributed by atoms with Crippen LogP contribution in [0.15, 0.2) is 48.5 Å². The molecule has 0 fully saturated rings. The van der Waals surface area contributed by atoms with Crippen molar-refractivity contribution in [3.05, 3.63) is 70.8 Å². The number of nitriles is 1. The van der Waals surface area contributed by atoms with Crippen LogP contribution in [-0.4, -0.2) is 6.61 Å². The molecule has 0 N–H and O–H groups in total. The van der Waals surface area contributed by atoms with Gasteiger partial charge in [-0.25, -0.2) is 0 Å². The Morgan fingerprint density at radius 3 is 2.63 bits per heavy atom. The Kier molecular flexibility index (Phi) is 2.81. The topological polar surface area (TPSA) is 33.0 Å². The maximum atomic E-state index is 8.93. The molecule has 0 saturated heterocycles. The smallest absolute Gasteiger partial charge is 0.128 e. The van der Waals surface area contributed by atoms with Gasteiger partial charge in [0.2, 0.25) is 0 Å². The van der Waals surface area contributed by atoms with Crippen LogP contribution in [-0.2, 0) is 0 Å². The van der Waals surface area contributed by atoms with Crippen LogP contribution in [0.5, 0.6) is 5.75 Å². The summed E-state index contributed by atoms with van der Waals surface area (Å²) in [5, 5.41) is 8.93. The van der Waals surface area contributed by atoms with E-state index >= 15 is 0 Å². The van der Waals surface area contributed by atoms with Crippen LogP contribution in [0, 0.1) is 18.3 Å². The van der Waals surface area contributed by atoms with Crippen LogP contribution in [0.25, 0.3) is 5.57 Å². The first-order valence-electron chi connectivity index (χ1n) is 6.22. The van der Waals surface area contributed by atoms with Gasteiger partial charge in [0.15, 0.2) is 0 Å². The Bertz CT molecular complexity index is 690. The maximum Gasteiger partial charge on any atom is 0.128 e. The molecule has 0 radical (unpaired) electrons. The fraction of sp³-hybridized carbons (Fsp3) is 0.118. The van der Waals surface area contributed by atoms with Crippen molar-refractivity contribution >= 4 is 5.57 Å². The quantitative estimate of drug-likeness (QED) is 0.770. The SMILES string of the molecule is Cc1ccc(C2=CCOc3cc(C#N)ccc32)cc1. The lowest BCUT2D eigenvalue weighted by atomic mass is 9.94. The number of hydrogen-bond acceptors (Lipinski definition) is 2. The fourth-order valence-electron chi connectivity index (χ4n) is 2.27. The van der Waals surface area contributed by atoms with Gasteiger partial charge < -0.3 is 4.74 Å². The van der Waals surface area contributed by atoms with E-state index in [1.54, 1.807) is 6.07 Å². The first-order valence-corrected chi connectivity index (χ1v) is 6.22. The lowest BCUT2D eigenvalue weighted by Gasteiger charge is -2.19. The van der Waals surface area contributed by atoms with Crippen molar-refractivity contribution in [3.63, 3.8) is 0 Å². The number of aryl methyl sites for hydroxylation is 1. The summed E-state index contributed by atoms with van der Waals surface area (Å²) in [6, 6.07) is 16.2. The third-order valence-electron chi connectivity index (χ3n) is 3.29. The van der Waals surface area contributed by atoms with Crippen LogP contribution in [0.1, 0.15) is 22.3 Å². The summed E-state index contributed by atoms with van der Waals surface area (Å²) < 4.78 is 5.61. The molecule has 0 aromatic heterocycles. The summed E-state index contributed by atoms with van der Waals surface area (Å²) >= 11 is 0. The van der Waals surface area contributed by atoms with E-state index in [0.29, 0.717) is 12.2 Å². The molecule has 2 aromatic carbocycles. The van der Waals surface area contributed by atoms with Crippen LogP contribution in [0.2, 0.25) is 0 Å². The van der Waals surface area contributed by atoms with Gasteiger partial charge in [-0.2, -0.15) is 5.26 Å². The molecule has 0 saturated carbocycles. The lowest BCUT2D eigenvalue weighted by molar-refractivity contribution is 0.357. The van der Waals surface area contributed by atoms with Gasteiger partial charge in [0, 0.05) is 5.56 Å². The Hall–Kier alpha value is -2.53. The number of hydrogen-bond donors (Lipinski definition) is 0. The van der Waals surface area contributed by atoms with Crippen molar-refractivity contribution in [1.82, 2.24) is 0 Å². The molecule has 19 heavy (non-hydrogen) atoms. The van der Waals surface area contributed by atoms with Crippen molar-refractivity contribution in [2.24, 2.45) is 0 Å². The molecule has 2 aromatic rings. The van der Waals surface area contributed by atoms with Gasteiger partial charge in [0.1, 0.15) is 12.4 Å². The predicted octanol–water partition coefficient (Wildman–Crippen LogP) is 3.69. The number of nitrogens with zero attached hydrogens (tertiary/aromatic N) is 1. The molecule has 1 aliphatic heterocycles. The molecule has 0 spiro atoms. The average molecular weight is 247 g/mol. The molecular formula is C17H13NO. The molecule has 92 valence electrons. The fourth-order valence-corrected chi connectivity index (χ4v) is 2.27. The monoisotopic (exact) mass is 247 g/mol. The summed E-state index contributed by atoms with van der Waals surface area (Å²) in [5.41, 5.74) is 5.28. The summed E-state index contributed by atoms with van der Waals surface area (Å²) in [7, 11) is 0. The molecule has 2 heteroatoms. The van der Waals surface area contributed by atoms with Crippen molar-refractivity contribution in [2.45, 2.75) is 6.92 Å². The van der Waals surface area contributed by atoms with Gasteiger partial charge in [-0.3, -0.25) is 0 Å². The predicted molar refractivity (Wildman–Crippen MR) is 74.9 cm³/mol. The van der Waals surface area contributed by atoms with Gasteiger partial charge in [-0.1, -0.05) is 29.8 Å². The molecule has 1 heterocycles. The number of benzene rings is 2. The molecule has 0 unspecified atom stereocenters. The lowest BCUT2D eigenvalue weighted by Crippen LogP contribution is -2.05. The molecular weight excluding hydrogens is 234 g/mol. The minimum Gasteiger partial charge on any atom is -0.489 e. The summed E-state index contributed by atoms with van der Waals surface area (Å²) in [5.74, 6) is 0.789. The average Bonchev–Trinajstić information content (AvgIpc) is 2.47. The van der Waals surface area contributed by atoms with E-state index in [1.165, 1.54) is 16.7 Å². The first-order chi connectivity index (χ1) is 9.28. The van der Waals surface area contributed by atoms with E-state index in [0.717, 1.165) is 11.3 Å². The minimum atomic E-state index is 0.547. The summed E-state index contributed by atoms with van der Waals surface area (Å²) in [6.07, 6.45) is 2.08. The van der Waals surface area contributed by atoms with Crippen molar-refractivity contribution in [2.75, 3.05) is 6.61 Å². The van der Waals surface area contributed by atoms with Crippen LogP contribution < -0.4 is 4.74 Å². The normalized spacial score (nSPS) is 12.9. The number of fused-ring (bicyclic) bond motifs is 1. The molecule has 0 aliphatic carbocycles. The molecule has 3 rings (SSSR count). The second-order valence-electron chi connectivity index (χ2n) is 4.62. The van der Waals surface area contributed by atoms with Crippen molar-refractivity contribution in [3.8, 4) is 11.8 Å². The standard InChI is InChI=1S/C17H13NO/c1-12-2-5-14(6-3-12)15-8-9-19-17-10-13(11-18)4-7-16(15)17/h2-8,10H,9H2,1H3. The van der Waals surface area contributed by atoms with Crippen LogP contribution >= 0.6 is 0 Å². The zero-order valence-corrected chi connectivity index (χ0v) is 10.7. The highest BCUT2D eigenvalue weighted by molar-refractivity contribution is 5.84. The van der Waals surface area contributed by atoms with Gasteiger partial charge in [0.25, 0.3) is 0 Å². The number of rotatable bonds is 1. The Morgan fingerprint density at radius 2 is 1.89 bits per heavy atom. The first kappa shape index (κ1) is 11.6. The Morgan fingerprint density at radius 1 is 1.11 bits per heavy atom. The third kappa shape index (κ3) is 2.11. The van der Waals surface area contributed by atoms with E-state index in [4.69, 9.17) is 10.00 Å². The molecule has 0 atom stereocenters. The largest absolute Gasteiger partial charge is 0.489 e. The van der Waals surface area contributed by atoms with E-state index in [1.807, 2.05) is 12.1 Å². The van der Waals surface area contributed by atoms with Gasteiger partial charge in [0.05, 0.1) is 11.6 Å². The maximum absolute atomic E-state index is 8.93. The van der Waals surface area contributed by atoms with Gasteiger partial charge in [-0.15, -0.1) is 0 Å². The summed E-state index contributed by atoms with van der Waals surface area (Å²) in [4.78, 5) is 0. The van der Waals surface area contributed by atoms with E-state index in [2.05, 4.69) is 43.3 Å². The molecule has 2 nitrogen and oxygen atoms in total. The highest BCUT2D eigenvalue weighted by Crippen LogP contribution is 2.34. The highest BCUT2D eigenvalue weighted by atomic mass is 16.5. The van der Waals surface area contributed by atoms with Gasteiger partial charge >= 0.3 is 0 Å². The van der Waals surface area contributed by atoms with Crippen molar-refractivity contribution in [1.29, 1.82) is 5.26 Å². The van der Waals surface area contributed by atoms with Crippen LogP contribution in [0.4, 0.5) is 0 Å². The van der Waals surface area contributed by atoms with E-state index < -0.39 is 0 Å². The summed E-state index contributed by atoms with van der Waals surface area (Å²) in [6.45, 7) is 2.63. The number of ether oxygens (including phenoxy) is 1. The Balaban J connectivity index is 2.08. The van der Waals surface area contributed by atoms with Gasteiger partial charge in [-0.05, 0) is 42.3 Å². The molecule has 0 amide bonds. The van der Waals surface area contributed by atoms with E-state index in [9.17, 15) is 0 Å².